The van der Waals surface area contributed by atoms with Crippen LogP contribution < -0.4 is 0 Å². The van der Waals surface area contributed by atoms with Crippen LogP contribution in [0.2, 0.25) is 0 Å². The zero-order chi connectivity index (χ0) is 13.9. The molecule has 0 radical (unpaired) electrons. The molecule has 0 aliphatic carbocycles. The Hall–Kier alpha value is -2.17. The first kappa shape index (κ1) is 13.3. The number of hydrogen-bond donors (Lipinski definition) is 1. The Morgan fingerprint density at radius 1 is 1.42 bits per heavy atom. The Morgan fingerprint density at radius 3 is 2.79 bits per heavy atom. The molecular formula is C12H12N4O2S. The van der Waals surface area contributed by atoms with Gasteiger partial charge >= 0.3 is 0 Å². The number of nitrogens with one attached hydrogen (secondary N) is 1. The summed E-state index contributed by atoms with van der Waals surface area (Å²) in [6.45, 7) is 0.120. The molecule has 0 atom stereocenters. The predicted octanol–water partition coefficient (Wildman–Crippen LogP) is 1.10. The number of H-pyrrole nitrogens is 1. The summed E-state index contributed by atoms with van der Waals surface area (Å²) >= 11 is 0. The van der Waals surface area contributed by atoms with Crippen molar-refractivity contribution in [1.82, 2.24) is 14.3 Å². The van der Waals surface area contributed by atoms with Crippen LogP contribution in [0.5, 0.6) is 0 Å². The summed E-state index contributed by atoms with van der Waals surface area (Å²) in [5, 5.41) is 8.97. The second-order valence-electron chi connectivity index (χ2n) is 3.90. The fourth-order valence-corrected chi connectivity index (χ4v) is 2.90. The lowest BCUT2D eigenvalue weighted by atomic mass is 10.2. The maximum atomic E-state index is 12.4. The normalized spacial score (nSPS) is 11.4. The van der Waals surface area contributed by atoms with Crippen molar-refractivity contribution in [2.75, 3.05) is 7.05 Å². The topological polar surface area (TPSA) is 89.8 Å². The van der Waals surface area contributed by atoms with Gasteiger partial charge in [0.1, 0.15) is 11.9 Å². The minimum Gasteiger partial charge on any atom is -0.347 e. The van der Waals surface area contributed by atoms with Crippen molar-refractivity contribution in [3.8, 4) is 6.07 Å². The molecule has 0 aliphatic rings. The van der Waals surface area contributed by atoms with Gasteiger partial charge in [0, 0.05) is 19.4 Å². The molecule has 1 aromatic heterocycles. The molecule has 1 heterocycles. The summed E-state index contributed by atoms with van der Waals surface area (Å²) in [5.41, 5.74) is 0.133. The van der Waals surface area contributed by atoms with E-state index in [1.807, 2.05) is 6.07 Å². The Bertz CT molecular complexity index is 702. The van der Waals surface area contributed by atoms with Gasteiger partial charge < -0.3 is 4.98 Å². The van der Waals surface area contributed by atoms with Crippen molar-refractivity contribution < 1.29 is 8.42 Å². The molecule has 19 heavy (non-hydrogen) atoms. The Labute approximate surface area is 111 Å². The highest BCUT2D eigenvalue weighted by Crippen LogP contribution is 2.19. The minimum atomic E-state index is -3.71. The van der Waals surface area contributed by atoms with Gasteiger partial charge in [-0.3, -0.25) is 0 Å². The molecule has 0 unspecified atom stereocenters. The highest BCUT2D eigenvalue weighted by molar-refractivity contribution is 7.89. The van der Waals surface area contributed by atoms with Gasteiger partial charge in [0.2, 0.25) is 10.0 Å². The van der Waals surface area contributed by atoms with E-state index in [1.165, 1.54) is 19.2 Å². The van der Waals surface area contributed by atoms with E-state index in [0.717, 1.165) is 4.31 Å². The maximum absolute atomic E-state index is 12.4. The van der Waals surface area contributed by atoms with Crippen molar-refractivity contribution in [3.63, 3.8) is 0 Å². The molecular weight excluding hydrogens is 264 g/mol. The van der Waals surface area contributed by atoms with Crippen molar-refractivity contribution in [2.24, 2.45) is 0 Å². The maximum Gasteiger partial charge on any atom is 0.244 e. The number of imidazole rings is 1. The van der Waals surface area contributed by atoms with Gasteiger partial charge in [0.15, 0.2) is 0 Å². The van der Waals surface area contributed by atoms with Crippen molar-refractivity contribution in [2.45, 2.75) is 11.4 Å². The molecule has 1 N–H and O–H groups in total. The first-order chi connectivity index (χ1) is 9.05. The molecule has 0 aliphatic heterocycles. The van der Waals surface area contributed by atoms with Crippen molar-refractivity contribution >= 4 is 10.0 Å². The zero-order valence-corrected chi connectivity index (χ0v) is 11.1. The number of rotatable bonds is 4. The van der Waals surface area contributed by atoms with Gasteiger partial charge in [0.05, 0.1) is 17.0 Å². The number of aromatic amines is 1. The van der Waals surface area contributed by atoms with E-state index in [-0.39, 0.29) is 17.0 Å². The Kier molecular flexibility index (Phi) is 3.64. The van der Waals surface area contributed by atoms with Gasteiger partial charge in [0.25, 0.3) is 0 Å². The van der Waals surface area contributed by atoms with E-state index in [0.29, 0.717) is 5.82 Å². The van der Waals surface area contributed by atoms with Gasteiger partial charge in [-0.25, -0.2) is 13.4 Å². The molecule has 1 aromatic carbocycles. The highest BCUT2D eigenvalue weighted by atomic mass is 32.2. The van der Waals surface area contributed by atoms with Gasteiger partial charge in [-0.05, 0) is 12.1 Å². The molecule has 0 amide bonds. The van der Waals surface area contributed by atoms with E-state index in [9.17, 15) is 8.42 Å². The molecule has 0 spiro atoms. The summed E-state index contributed by atoms with van der Waals surface area (Å²) < 4.78 is 25.9. The molecule has 0 bridgehead atoms. The van der Waals surface area contributed by atoms with Crippen molar-refractivity contribution in [1.29, 1.82) is 5.26 Å². The number of nitrogens with zero attached hydrogens (tertiary/aromatic N) is 3. The Morgan fingerprint density at radius 2 is 2.16 bits per heavy atom. The predicted molar refractivity (Wildman–Crippen MR) is 68.4 cm³/mol. The number of hydrogen-bond acceptors (Lipinski definition) is 4. The van der Waals surface area contributed by atoms with E-state index in [1.54, 1.807) is 24.5 Å². The van der Waals surface area contributed by atoms with Crippen LogP contribution in [0.4, 0.5) is 0 Å². The standard InChI is InChI=1S/C12H12N4O2S/c1-16(9-12-14-6-7-15-12)19(17,18)11-5-3-2-4-10(11)8-13/h2-7H,9H2,1H3,(H,14,15). The Balaban J connectivity index is 2.34. The lowest BCUT2D eigenvalue weighted by Crippen LogP contribution is -2.27. The first-order valence-corrected chi connectivity index (χ1v) is 6.93. The van der Waals surface area contributed by atoms with Gasteiger partial charge in [-0.15, -0.1) is 0 Å². The van der Waals surface area contributed by atoms with Crippen LogP contribution in [0.25, 0.3) is 0 Å². The second kappa shape index (κ2) is 5.22. The van der Waals surface area contributed by atoms with E-state index < -0.39 is 10.0 Å². The van der Waals surface area contributed by atoms with E-state index in [2.05, 4.69) is 9.97 Å². The molecule has 7 heteroatoms. The molecule has 0 fully saturated rings. The first-order valence-electron chi connectivity index (χ1n) is 5.49. The summed E-state index contributed by atoms with van der Waals surface area (Å²) in [7, 11) is -2.26. The number of nitriles is 1. The van der Waals surface area contributed by atoms with Crippen LogP contribution in [0.3, 0.4) is 0 Å². The summed E-state index contributed by atoms with van der Waals surface area (Å²) in [4.78, 5) is 6.82. The van der Waals surface area contributed by atoms with Crippen LogP contribution >= 0.6 is 0 Å². The highest BCUT2D eigenvalue weighted by Gasteiger charge is 2.24. The minimum absolute atomic E-state index is 0.00607. The van der Waals surface area contributed by atoms with Crippen LogP contribution in [0.15, 0.2) is 41.6 Å². The number of benzene rings is 1. The molecule has 6 nitrogen and oxygen atoms in total. The SMILES string of the molecule is CN(Cc1ncc[nH]1)S(=O)(=O)c1ccccc1C#N. The van der Waals surface area contributed by atoms with Gasteiger partial charge in [-0.1, -0.05) is 12.1 Å². The summed E-state index contributed by atoms with van der Waals surface area (Å²) in [6.07, 6.45) is 3.18. The average Bonchev–Trinajstić information content (AvgIpc) is 2.91. The zero-order valence-electron chi connectivity index (χ0n) is 10.2. The van der Waals surface area contributed by atoms with Crippen LogP contribution in [-0.2, 0) is 16.6 Å². The van der Waals surface area contributed by atoms with Crippen molar-refractivity contribution in [3.05, 3.63) is 48.0 Å². The van der Waals surface area contributed by atoms with Crippen LogP contribution in [0.1, 0.15) is 11.4 Å². The summed E-state index contributed by atoms with van der Waals surface area (Å²) in [5.74, 6) is 0.542. The monoisotopic (exact) mass is 276 g/mol. The molecule has 98 valence electrons. The third-order valence-electron chi connectivity index (χ3n) is 2.62. The number of sulfonamides is 1. The molecule has 0 saturated heterocycles. The number of aromatic nitrogens is 2. The van der Waals surface area contributed by atoms with Crippen LogP contribution in [0, 0.1) is 11.3 Å². The largest absolute Gasteiger partial charge is 0.347 e. The lowest BCUT2D eigenvalue weighted by Gasteiger charge is -2.16. The average molecular weight is 276 g/mol. The van der Waals surface area contributed by atoms with E-state index >= 15 is 0 Å². The third-order valence-corrected chi connectivity index (χ3v) is 4.48. The molecule has 2 aromatic rings. The third kappa shape index (κ3) is 2.65. The van der Waals surface area contributed by atoms with E-state index in [4.69, 9.17) is 5.26 Å². The lowest BCUT2D eigenvalue weighted by molar-refractivity contribution is 0.458. The molecule has 2 rings (SSSR count). The smallest absolute Gasteiger partial charge is 0.244 e. The summed E-state index contributed by atoms with van der Waals surface area (Å²) in [6, 6.07) is 8.01. The van der Waals surface area contributed by atoms with Gasteiger partial charge in [-0.2, -0.15) is 9.57 Å². The second-order valence-corrected chi connectivity index (χ2v) is 5.92. The quantitative estimate of drug-likeness (QED) is 0.905. The fourth-order valence-electron chi connectivity index (χ4n) is 1.63. The van der Waals surface area contributed by atoms with Crippen LogP contribution in [-0.4, -0.2) is 29.7 Å². The molecule has 0 saturated carbocycles. The fraction of sp³-hybridized carbons (Fsp3) is 0.167.